The molecule has 5 rings (SSSR count). The zero-order valence-corrected chi connectivity index (χ0v) is 26.1. The lowest BCUT2D eigenvalue weighted by atomic mass is 9.98. The summed E-state index contributed by atoms with van der Waals surface area (Å²) in [7, 11) is -6.10. The number of rotatable bonds is 15. The van der Waals surface area contributed by atoms with Gasteiger partial charge in [0.2, 0.25) is 0 Å². The predicted molar refractivity (Wildman–Crippen MR) is 166 cm³/mol. The lowest BCUT2D eigenvalue weighted by molar-refractivity contribution is -0.320. The minimum atomic E-state index is -6.10. The second kappa shape index (κ2) is 16.5. The molecule has 1 fully saturated rings. The average Bonchev–Trinajstić information content (AvgIpc) is 3.08. The second-order valence-corrected chi connectivity index (χ2v) is 12.4. The van der Waals surface area contributed by atoms with Gasteiger partial charge < -0.3 is 23.7 Å². The summed E-state index contributed by atoms with van der Waals surface area (Å²) in [5, 5.41) is 0. The van der Waals surface area contributed by atoms with Crippen LogP contribution in [0, 0.1) is 0 Å². The molecule has 12 heteroatoms. The Balaban J connectivity index is 1.49. The van der Waals surface area contributed by atoms with Gasteiger partial charge in [-0.05, 0) is 22.3 Å². The van der Waals surface area contributed by atoms with Crippen LogP contribution in [0.4, 0.5) is 13.2 Å². The van der Waals surface area contributed by atoms with Gasteiger partial charge in [0.1, 0.15) is 24.4 Å². The Bertz CT molecular complexity index is 1590. The van der Waals surface area contributed by atoms with Gasteiger partial charge in [-0.1, -0.05) is 121 Å². The van der Waals surface area contributed by atoms with Crippen LogP contribution >= 0.6 is 0 Å². The quantitative estimate of drug-likeness (QED) is 0.104. The highest BCUT2D eigenvalue weighted by molar-refractivity contribution is 7.87. The van der Waals surface area contributed by atoms with Crippen molar-refractivity contribution < 1.29 is 49.5 Å². The van der Waals surface area contributed by atoms with Crippen LogP contribution in [0.1, 0.15) is 22.3 Å². The van der Waals surface area contributed by atoms with Crippen LogP contribution in [0.25, 0.3) is 0 Å². The molecule has 1 aliphatic rings. The largest absolute Gasteiger partial charge is 0.523 e. The van der Waals surface area contributed by atoms with Crippen molar-refractivity contribution in [3.63, 3.8) is 0 Å². The highest BCUT2D eigenvalue weighted by Gasteiger charge is 2.55. The number of benzene rings is 4. The Morgan fingerprint density at radius 2 is 0.957 bits per heavy atom. The summed E-state index contributed by atoms with van der Waals surface area (Å²) < 4.78 is 102. The fraction of sp³-hybridized carbons (Fsp3) is 0.314. The minimum Gasteiger partial charge on any atom is -0.374 e. The SMILES string of the molecule is O=S(=O)(O[C@H]1C(COCc2ccccc2)O[C@@H](OCc2ccccc2)[C@@H](OCc2ccccc2)[C@@H]1OCc1ccccc1)C(F)(F)F. The fourth-order valence-electron chi connectivity index (χ4n) is 4.98. The number of alkyl halides is 3. The van der Waals surface area contributed by atoms with Crippen LogP contribution in [-0.2, 0) is 64.4 Å². The Labute approximate surface area is 272 Å². The van der Waals surface area contributed by atoms with E-state index in [4.69, 9.17) is 27.9 Å². The molecule has 0 N–H and O–H groups in total. The van der Waals surface area contributed by atoms with Gasteiger partial charge in [0.05, 0.1) is 33.0 Å². The molecule has 0 saturated carbocycles. The number of ether oxygens (including phenoxy) is 5. The second-order valence-electron chi connectivity index (χ2n) is 10.8. The van der Waals surface area contributed by atoms with E-state index in [1.165, 1.54) is 0 Å². The van der Waals surface area contributed by atoms with Crippen molar-refractivity contribution in [2.24, 2.45) is 0 Å². The topological polar surface area (TPSA) is 89.5 Å². The first-order valence-corrected chi connectivity index (χ1v) is 16.3. The third kappa shape index (κ3) is 9.94. The third-order valence-corrected chi connectivity index (χ3v) is 8.38. The van der Waals surface area contributed by atoms with Crippen LogP contribution < -0.4 is 0 Å². The van der Waals surface area contributed by atoms with Crippen LogP contribution in [0.2, 0.25) is 0 Å². The van der Waals surface area contributed by atoms with E-state index >= 15 is 0 Å². The molecule has 1 aliphatic heterocycles. The van der Waals surface area contributed by atoms with Crippen molar-refractivity contribution in [3.05, 3.63) is 144 Å². The first-order chi connectivity index (χ1) is 22.7. The summed E-state index contributed by atoms with van der Waals surface area (Å²) in [5.74, 6) is 0. The van der Waals surface area contributed by atoms with Crippen molar-refractivity contribution >= 4 is 10.1 Å². The van der Waals surface area contributed by atoms with Gasteiger partial charge in [-0.25, -0.2) is 0 Å². The number of hydrogen-bond donors (Lipinski definition) is 0. The van der Waals surface area contributed by atoms with Crippen LogP contribution in [0.15, 0.2) is 121 Å². The lowest BCUT2D eigenvalue weighted by Crippen LogP contribution is -2.62. The Kier molecular flexibility index (Phi) is 12.2. The van der Waals surface area contributed by atoms with E-state index in [-0.39, 0.29) is 33.0 Å². The van der Waals surface area contributed by atoms with Gasteiger partial charge in [-0.2, -0.15) is 21.6 Å². The van der Waals surface area contributed by atoms with E-state index in [0.717, 1.165) is 16.7 Å². The highest BCUT2D eigenvalue weighted by atomic mass is 32.2. The normalized spacial score (nSPS) is 21.8. The van der Waals surface area contributed by atoms with Crippen molar-refractivity contribution in [2.75, 3.05) is 6.61 Å². The van der Waals surface area contributed by atoms with E-state index in [0.29, 0.717) is 5.56 Å². The molecular weight excluding hydrogens is 637 g/mol. The predicted octanol–water partition coefficient (Wildman–Crippen LogP) is 6.55. The van der Waals surface area contributed by atoms with Crippen molar-refractivity contribution in [3.8, 4) is 0 Å². The molecule has 250 valence electrons. The van der Waals surface area contributed by atoms with E-state index in [1.807, 2.05) is 91.0 Å². The molecule has 0 aromatic heterocycles. The lowest BCUT2D eigenvalue weighted by Gasteiger charge is -2.45. The molecule has 4 aromatic rings. The Morgan fingerprint density at radius 1 is 0.553 bits per heavy atom. The molecule has 1 unspecified atom stereocenters. The van der Waals surface area contributed by atoms with E-state index in [2.05, 4.69) is 0 Å². The minimum absolute atomic E-state index is 0.000818. The van der Waals surface area contributed by atoms with Gasteiger partial charge in [-0.3, -0.25) is 4.18 Å². The summed E-state index contributed by atoms with van der Waals surface area (Å²) in [6.45, 7) is -0.288. The van der Waals surface area contributed by atoms with Gasteiger partial charge in [-0.15, -0.1) is 0 Å². The molecule has 5 atom stereocenters. The molecule has 0 amide bonds. The van der Waals surface area contributed by atoms with Crippen LogP contribution in [0.3, 0.4) is 0 Å². The fourth-order valence-corrected chi connectivity index (χ4v) is 5.62. The number of halogens is 3. The zero-order valence-electron chi connectivity index (χ0n) is 25.3. The van der Waals surface area contributed by atoms with Gasteiger partial charge >= 0.3 is 15.6 Å². The molecule has 0 bridgehead atoms. The van der Waals surface area contributed by atoms with E-state index in [1.54, 1.807) is 30.3 Å². The summed E-state index contributed by atoms with van der Waals surface area (Å²) in [6, 6.07) is 36.3. The molecule has 1 heterocycles. The van der Waals surface area contributed by atoms with Crippen LogP contribution in [-0.4, -0.2) is 51.2 Å². The molecule has 0 aliphatic carbocycles. The summed E-state index contributed by atoms with van der Waals surface area (Å²) in [4.78, 5) is 0. The maximum absolute atomic E-state index is 13.7. The Hall–Kier alpha value is -3.62. The molecule has 8 nitrogen and oxygen atoms in total. The van der Waals surface area contributed by atoms with Crippen molar-refractivity contribution in [1.29, 1.82) is 0 Å². The molecule has 0 spiro atoms. The first kappa shape index (κ1) is 34.7. The Morgan fingerprint density at radius 3 is 1.40 bits per heavy atom. The standard InChI is InChI=1S/C35H35F3O8S/c36-35(37,38)47(39,40)46-31-30(25-41-21-26-13-5-1-6-14-26)45-34(44-24-29-19-11-4-12-20-29)33(43-23-28-17-9-3-10-18-28)32(31)42-22-27-15-7-2-8-16-27/h1-20,30-34H,21-25H2/t30?,31-,32+,33-,34+/m0/s1. The first-order valence-electron chi connectivity index (χ1n) is 14.9. The maximum atomic E-state index is 13.7. The molecule has 47 heavy (non-hydrogen) atoms. The summed E-state index contributed by atoms with van der Waals surface area (Å²) in [5.41, 5.74) is -2.66. The van der Waals surface area contributed by atoms with Gasteiger partial charge in [0.25, 0.3) is 0 Å². The van der Waals surface area contributed by atoms with Gasteiger partial charge in [0, 0.05) is 0 Å². The van der Waals surface area contributed by atoms with E-state index in [9.17, 15) is 21.6 Å². The molecule has 1 saturated heterocycles. The maximum Gasteiger partial charge on any atom is 0.523 e. The molecule has 0 radical (unpaired) electrons. The summed E-state index contributed by atoms with van der Waals surface area (Å²) in [6.07, 6.45) is -7.02. The monoisotopic (exact) mass is 672 g/mol. The van der Waals surface area contributed by atoms with Gasteiger partial charge in [0.15, 0.2) is 6.29 Å². The average molecular weight is 673 g/mol. The number of hydrogen-bond acceptors (Lipinski definition) is 8. The zero-order chi connectivity index (χ0) is 33.1. The molecule has 4 aromatic carbocycles. The van der Waals surface area contributed by atoms with Crippen molar-refractivity contribution in [1.82, 2.24) is 0 Å². The third-order valence-electron chi connectivity index (χ3n) is 7.33. The highest BCUT2D eigenvalue weighted by Crippen LogP contribution is 2.35. The van der Waals surface area contributed by atoms with E-state index < -0.39 is 46.3 Å². The van der Waals surface area contributed by atoms with Crippen molar-refractivity contribution in [2.45, 2.75) is 62.6 Å². The molecular formula is C35H35F3O8S. The van der Waals surface area contributed by atoms with Crippen LogP contribution in [0.5, 0.6) is 0 Å². The smallest absolute Gasteiger partial charge is 0.374 e. The summed E-state index contributed by atoms with van der Waals surface area (Å²) >= 11 is 0.